The highest BCUT2D eigenvalue weighted by Crippen LogP contribution is 2.29. The Labute approximate surface area is 140 Å². The number of rotatable bonds is 4. The quantitative estimate of drug-likeness (QED) is 0.836. The van der Waals surface area contributed by atoms with Crippen LogP contribution in [0.4, 0.5) is 18.0 Å². The molecule has 0 spiro atoms. The Kier molecular flexibility index (Phi) is 6.10. The molecule has 1 heterocycles. The zero-order valence-corrected chi connectivity index (χ0v) is 14.0. The first-order valence-corrected chi connectivity index (χ1v) is 8.06. The van der Waals surface area contributed by atoms with Crippen LogP contribution in [0.1, 0.15) is 25.0 Å². The molecule has 0 unspecified atom stereocenters. The maximum atomic E-state index is 12.7. The van der Waals surface area contributed by atoms with E-state index in [0.717, 1.165) is 6.07 Å². The van der Waals surface area contributed by atoms with Gasteiger partial charge in [0.05, 0.1) is 12.2 Å². The summed E-state index contributed by atoms with van der Waals surface area (Å²) < 4.78 is 43.4. The van der Waals surface area contributed by atoms with Crippen LogP contribution in [0.15, 0.2) is 24.3 Å². The maximum Gasteiger partial charge on any atom is 0.416 e. The topological polar surface area (TPSA) is 32.8 Å². The van der Waals surface area contributed by atoms with Gasteiger partial charge >= 0.3 is 12.3 Å². The van der Waals surface area contributed by atoms with Crippen molar-refractivity contribution in [1.29, 1.82) is 0 Å². The second kappa shape index (κ2) is 7.88. The minimum absolute atomic E-state index is 0.288. The lowest BCUT2D eigenvalue weighted by Crippen LogP contribution is -2.48. The van der Waals surface area contributed by atoms with Crippen molar-refractivity contribution in [3.63, 3.8) is 0 Å². The Morgan fingerprint density at radius 2 is 1.88 bits per heavy atom. The fourth-order valence-electron chi connectivity index (χ4n) is 2.52. The summed E-state index contributed by atoms with van der Waals surface area (Å²) in [5.74, 6) is 0.288. The van der Waals surface area contributed by atoms with Gasteiger partial charge in [-0.3, -0.25) is 4.90 Å². The van der Waals surface area contributed by atoms with Gasteiger partial charge in [0.1, 0.15) is 0 Å². The normalized spacial score (nSPS) is 16.5. The molecule has 0 aromatic heterocycles. The van der Waals surface area contributed by atoms with Crippen LogP contribution in [0.5, 0.6) is 0 Å². The van der Waals surface area contributed by atoms with Crippen molar-refractivity contribution in [2.24, 2.45) is 5.92 Å². The molecule has 1 amide bonds. The highest BCUT2D eigenvalue weighted by atomic mass is 19.4. The lowest BCUT2D eigenvalue weighted by Gasteiger charge is -2.34. The lowest BCUT2D eigenvalue weighted by molar-refractivity contribution is -0.137. The first-order chi connectivity index (χ1) is 11.3. The molecule has 0 atom stereocenters. The summed E-state index contributed by atoms with van der Waals surface area (Å²) in [7, 11) is 0. The van der Waals surface area contributed by atoms with Crippen molar-refractivity contribution in [3.8, 4) is 0 Å². The average Bonchev–Trinajstić information content (AvgIpc) is 2.53. The van der Waals surface area contributed by atoms with Crippen LogP contribution in [0.3, 0.4) is 0 Å². The molecule has 7 heteroatoms. The lowest BCUT2D eigenvalue weighted by atomic mass is 10.1. The fourth-order valence-corrected chi connectivity index (χ4v) is 2.52. The van der Waals surface area contributed by atoms with E-state index in [9.17, 15) is 18.0 Å². The number of carbonyl (C=O) groups excluding carboxylic acids is 1. The Balaban J connectivity index is 1.84. The van der Waals surface area contributed by atoms with Gasteiger partial charge in [0, 0.05) is 32.7 Å². The molecule has 1 aromatic carbocycles. The third kappa shape index (κ3) is 5.40. The zero-order chi connectivity index (χ0) is 17.7. The summed E-state index contributed by atoms with van der Waals surface area (Å²) in [6.45, 7) is 7.06. The molecule has 0 N–H and O–H groups in total. The van der Waals surface area contributed by atoms with Gasteiger partial charge < -0.3 is 9.64 Å². The molecule has 0 bridgehead atoms. The molecule has 0 aliphatic carbocycles. The van der Waals surface area contributed by atoms with Gasteiger partial charge in [0.2, 0.25) is 0 Å². The Bertz CT molecular complexity index is 553. The SMILES string of the molecule is CC(C)COC(=O)N1CCN(Cc2cccc(C(F)(F)F)c2)CC1. The van der Waals surface area contributed by atoms with Crippen molar-refractivity contribution in [3.05, 3.63) is 35.4 Å². The van der Waals surface area contributed by atoms with Gasteiger partial charge in [-0.15, -0.1) is 0 Å². The first-order valence-electron chi connectivity index (χ1n) is 8.06. The summed E-state index contributed by atoms with van der Waals surface area (Å²) in [4.78, 5) is 15.6. The highest BCUT2D eigenvalue weighted by Gasteiger charge is 2.30. The summed E-state index contributed by atoms with van der Waals surface area (Å²) in [6.07, 6.45) is -4.64. The van der Waals surface area contributed by atoms with Gasteiger partial charge in [-0.1, -0.05) is 32.0 Å². The largest absolute Gasteiger partial charge is 0.449 e. The smallest absolute Gasteiger partial charge is 0.416 e. The van der Waals surface area contributed by atoms with Gasteiger partial charge in [-0.25, -0.2) is 4.79 Å². The van der Waals surface area contributed by atoms with E-state index < -0.39 is 11.7 Å². The predicted octanol–water partition coefficient (Wildman–Crippen LogP) is 3.62. The van der Waals surface area contributed by atoms with Crippen LogP contribution in [0, 0.1) is 5.92 Å². The predicted molar refractivity (Wildman–Crippen MR) is 84.5 cm³/mol. The molecule has 134 valence electrons. The third-order valence-corrected chi connectivity index (χ3v) is 3.83. The van der Waals surface area contributed by atoms with Crippen LogP contribution in [0.2, 0.25) is 0 Å². The van der Waals surface area contributed by atoms with Crippen LogP contribution >= 0.6 is 0 Å². The van der Waals surface area contributed by atoms with Crippen molar-refractivity contribution < 1.29 is 22.7 Å². The summed E-state index contributed by atoms with van der Waals surface area (Å²) in [5.41, 5.74) is -0.00319. The minimum atomic E-state index is -4.32. The molecule has 4 nitrogen and oxygen atoms in total. The second-order valence-electron chi connectivity index (χ2n) is 6.43. The van der Waals surface area contributed by atoms with Gasteiger partial charge in [0.25, 0.3) is 0 Å². The molecule has 1 saturated heterocycles. The molecule has 0 saturated carbocycles. The number of halogens is 3. The number of piperazine rings is 1. The first kappa shape index (κ1) is 18.6. The van der Waals surface area contributed by atoms with E-state index >= 15 is 0 Å². The number of ether oxygens (including phenoxy) is 1. The van der Waals surface area contributed by atoms with E-state index in [1.807, 2.05) is 18.7 Å². The van der Waals surface area contributed by atoms with E-state index in [4.69, 9.17) is 4.74 Å². The van der Waals surface area contributed by atoms with Crippen molar-refractivity contribution in [2.45, 2.75) is 26.6 Å². The van der Waals surface area contributed by atoms with Crippen LogP contribution < -0.4 is 0 Å². The molecular formula is C17H23F3N2O2. The molecule has 24 heavy (non-hydrogen) atoms. The number of amides is 1. The third-order valence-electron chi connectivity index (χ3n) is 3.83. The van der Waals surface area contributed by atoms with E-state index in [1.54, 1.807) is 11.0 Å². The van der Waals surface area contributed by atoms with Crippen molar-refractivity contribution >= 4 is 6.09 Å². The van der Waals surface area contributed by atoms with E-state index in [-0.39, 0.29) is 12.0 Å². The standard InChI is InChI=1S/C17H23F3N2O2/c1-13(2)12-24-16(23)22-8-6-21(7-9-22)11-14-4-3-5-15(10-14)17(18,19)20/h3-5,10,13H,6-9,11-12H2,1-2H3. The number of hydrogen-bond acceptors (Lipinski definition) is 3. The number of nitrogens with zero attached hydrogens (tertiary/aromatic N) is 2. The maximum absolute atomic E-state index is 12.7. The summed E-state index contributed by atoms with van der Waals surface area (Å²) in [6, 6.07) is 5.38. The van der Waals surface area contributed by atoms with E-state index in [1.165, 1.54) is 12.1 Å². The number of benzene rings is 1. The van der Waals surface area contributed by atoms with Crippen LogP contribution in [-0.4, -0.2) is 48.7 Å². The number of hydrogen-bond donors (Lipinski definition) is 0. The van der Waals surface area contributed by atoms with Crippen molar-refractivity contribution in [2.75, 3.05) is 32.8 Å². The van der Waals surface area contributed by atoms with E-state index in [0.29, 0.717) is 44.9 Å². The monoisotopic (exact) mass is 344 g/mol. The average molecular weight is 344 g/mol. The second-order valence-corrected chi connectivity index (χ2v) is 6.43. The Hall–Kier alpha value is -1.76. The van der Waals surface area contributed by atoms with E-state index in [2.05, 4.69) is 0 Å². The van der Waals surface area contributed by atoms with Gasteiger partial charge in [0.15, 0.2) is 0 Å². The fraction of sp³-hybridized carbons (Fsp3) is 0.588. The Morgan fingerprint density at radius 3 is 2.46 bits per heavy atom. The molecule has 1 aliphatic heterocycles. The van der Waals surface area contributed by atoms with Gasteiger partial charge in [-0.2, -0.15) is 13.2 Å². The minimum Gasteiger partial charge on any atom is -0.449 e. The van der Waals surface area contributed by atoms with Crippen LogP contribution in [0.25, 0.3) is 0 Å². The molecule has 2 rings (SSSR count). The summed E-state index contributed by atoms with van der Waals surface area (Å²) in [5, 5.41) is 0. The molecule has 1 fully saturated rings. The Morgan fingerprint density at radius 1 is 1.21 bits per heavy atom. The van der Waals surface area contributed by atoms with Crippen molar-refractivity contribution in [1.82, 2.24) is 9.80 Å². The molecular weight excluding hydrogens is 321 g/mol. The van der Waals surface area contributed by atoms with Gasteiger partial charge in [-0.05, 0) is 17.5 Å². The highest BCUT2D eigenvalue weighted by molar-refractivity contribution is 5.67. The number of carbonyl (C=O) groups is 1. The molecule has 1 aromatic rings. The molecule has 0 radical (unpaired) electrons. The number of alkyl halides is 3. The molecule has 1 aliphatic rings. The summed E-state index contributed by atoms with van der Waals surface area (Å²) >= 11 is 0. The zero-order valence-electron chi connectivity index (χ0n) is 14.0. The van der Waals surface area contributed by atoms with Crippen LogP contribution in [-0.2, 0) is 17.5 Å².